The molecule has 0 heterocycles. The molecule has 0 atom stereocenters. The molecule has 3 heteroatoms. The zero-order valence-corrected chi connectivity index (χ0v) is 6.55. The lowest BCUT2D eigenvalue weighted by Gasteiger charge is -1.94. The first-order chi connectivity index (χ1) is 4.72. The van der Waals surface area contributed by atoms with Gasteiger partial charge in [0.15, 0.2) is 0 Å². The van der Waals surface area contributed by atoms with Crippen molar-refractivity contribution in [3.05, 3.63) is 11.6 Å². The first-order valence-electron chi connectivity index (χ1n) is 3.64. The molecule has 0 saturated heterocycles. The molecule has 11 heavy (non-hydrogen) atoms. The third-order valence-corrected chi connectivity index (χ3v) is 1.34. The molecule has 62 valence electrons. The Morgan fingerprint density at radius 1 is 1.45 bits per heavy atom. The number of carbonyl (C=O) groups is 1. The van der Waals surface area contributed by atoms with Crippen molar-refractivity contribution in [2.45, 2.75) is 33.1 Å². The molecule has 0 aromatic rings. The van der Waals surface area contributed by atoms with Crippen LogP contribution in [0.15, 0.2) is 11.6 Å². The van der Waals surface area contributed by atoms with Crippen LogP contribution >= 0.6 is 0 Å². The Bertz CT molecular complexity index is 141. The predicted molar refractivity (Wildman–Crippen MR) is 49.5 cm³/mol. The topological polar surface area (TPSA) is 37.3 Å². The summed E-state index contributed by atoms with van der Waals surface area (Å²) in [6, 6.07) is 0. The molecule has 0 fully saturated rings. The van der Waals surface area contributed by atoms with Crippen LogP contribution < -0.4 is 0 Å². The zero-order valence-electron chi connectivity index (χ0n) is 6.55. The Morgan fingerprint density at radius 3 is 2.27 bits per heavy atom. The molecule has 0 aliphatic carbocycles. The van der Waals surface area contributed by atoms with Crippen molar-refractivity contribution in [2.75, 3.05) is 0 Å². The molecule has 0 spiro atoms. The van der Waals surface area contributed by atoms with Gasteiger partial charge in [0.1, 0.15) is 0 Å². The second-order valence-electron chi connectivity index (χ2n) is 2.18. The molecule has 0 radical (unpaired) electrons. The molecule has 0 unspecified atom stereocenters. The van der Waals surface area contributed by atoms with E-state index in [9.17, 15) is 4.79 Å². The number of hydrogen-bond acceptors (Lipinski definition) is 1. The first kappa shape index (κ1) is 13.6. The van der Waals surface area contributed by atoms with E-state index in [-0.39, 0.29) is 23.1 Å². The average Bonchev–Trinajstić information content (AvgIpc) is 1.89. The van der Waals surface area contributed by atoms with E-state index in [0.717, 1.165) is 12.8 Å². The minimum Gasteiger partial charge on any atom is -0.478 e. The largest absolute Gasteiger partial charge is 0.478 e. The van der Waals surface area contributed by atoms with Gasteiger partial charge in [-0.05, 0) is 12.8 Å². The number of carboxylic acid groups (broad SMARTS) is 1. The van der Waals surface area contributed by atoms with Crippen LogP contribution in [0.25, 0.3) is 0 Å². The second kappa shape index (κ2) is 8.08. The highest BCUT2D eigenvalue weighted by Gasteiger charge is 2.01. The van der Waals surface area contributed by atoms with Crippen LogP contribution in [0.5, 0.6) is 0 Å². The Hall–Kier alpha value is -0.0238. The number of allylic oxidation sites excluding steroid dienone is 1. The fourth-order valence-corrected chi connectivity index (χ4v) is 0.701. The third kappa shape index (κ3) is 6.38. The monoisotopic (exact) mass is 168 g/mol. The van der Waals surface area contributed by atoms with Crippen LogP contribution in [0.1, 0.15) is 33.1 Å². The average molecular weight is 169 g/mol. The summed E-state index contributed by atoms with van der Waals surface area (Å²) in [5.74, 6) is -0.782. The van der Waals surface area contributed by atoms with Crippen LogP contribution in [0, 0.1) is 0 Å². The fraction of sp³-hybridized carbons (Fsp3) is 0.625. The van der Waals surface area contributed by atoms with Crippen molar-refractivity contribution in [3.8, 4) is 0 Å². The van der Waals surface area contributed by atoms with Crippen molar-refractivity contribution < 1.29 is 9.90 Å². The molecule has 0 saturated carbocycles. The number of hydrogen-bond donors (Lipinski definition) is 1. The summed E-state index contributed by atoms with van der Waals surface area (Å²) in [6.45, 7) is 3.89. The smallest absolute Gasteiger partial charge is 0.331 e. The quantitative estimate of drug-likeness (QED) is 0.507. The van der Waals surface area contributed by atoms with Crippen LogP contribution in [0.3, 0.4) is 0 Å². The molecule has 0 aromatic heterocycles. The number of rotatable bonds is 4. The van der Waals surface area contributed by atoms with E-state index in [1.807, 2.05) is 13.8 Å². The van der Waals surface area contributed by atoms with E-state index in [1.54, 1.807) is 6.08 Å². The van der Waals surface area contributed by atoms with Gasteiger partial charge in [-0.3, -0.25) is 0 Å². The standard InChI is InChI=1S/C8H14O2.Mg.2H/c1-3-5-6-7(4-2)8(9)10;;;/h6H,3-5H2,1-2H3,(H,9,10);;;. The molecular formula is C8H16MgO2. The van der Waals surface area contributed by atoms with Gasteiger partial charge < -0.3 is 5.11 Å². The Kier molecular flexibility index (Phi) is 9.95. The van der Waals surface area contributed by atoms with Crippen LogP contribution in [-0.2, 0) is 4.79 Å². The van der Waals surface area contributed by atoms with Crippen molar-refractivity contribution >= 4 is 29.0 Å². The molecule has 1 N–H and O–H groups in total. The molecule has 0 amide bonds. The van der Waals surface area contributed by atoms with Gasteiger partial charge in [-0.25, -0.2) is 4.79 Å². The van der Waals surface area contributed by atoms with Gasteiger partial charge in [0, 0.05) is 5.57 Å². The van der Waals surface area contributed by atoms with E-state index >= 15 is 0 Å². The van der Waals surface area contributed by atoms with Gasteiger partial charge in [0.2, 0.25) is 0 Å². The van der Waals surface area contributed by atoms with E-state index in [0.29, 0.717) is 12.0 Å². The number of aliphatic carboxylic acids is 1. The van der Waals surface area contributed by atoms with Gasteiger partial charge in [-0.1, -0.05) is 26.3 Å². The number of unbranched alkanes of at least 4 members (excludes halogenated alkanes) is 1. The van der Waals surface area contributed by atoms with Gasteiger partial charge in [0.05, 0.1) is 0 Å². The van der Waals surface area contributed by atoms with Gasteiger partial charge in [-0.2, -0.15) is 0 Å². The van der Waals surface area contributed by atoms with Gasteiger partial charge >= 0.3 is 29.0 Å². The first-order valence-corrected chi connectivity index (χ1v) is 3.64. The van der Waals surface area contributed by atoms with Crippen molar-refractivity contribution in [1.29, 1.82) is 0 Å². The van der Waals surface area contributed by atoms with E-state index in [4.69, 9.17) is 5.11 Å². The maximum absolute atomic E-state index is 10.4. The van der Waals surface area contributed by atoms with Crippen molar-refractivity contribution in [1.82, 2.24) is 0 Å². The summed E-state index contributed by atoms with van der Waals surface area (Å²) in [5.41, 5.74) is 0.529. The Labute approximate surface area is 83.8 Å². The lowest BCUT2D eigenvalue weighted by atomic mass is 10.1. The molecule has 2 nitrogen and oxygen atoms in total. The van der Waals surface area contributed by atoms with E-state index in [1.165, 1.54) is 0 Å². The van der Waals surface area contributed by atoms with E-state index in [2.05, 4.69) is 0 Å². The molecule has 0 aliphatic heterocycles. The maximum Gasteiger partial charge on any atom is 0.331 e. The minimum absolute atomic E-state index is 0. The fourth-order valence-electron chi connectivity index (χ4n) is 0.701. The minimum atomic E-state index is -0.782. The van der Waals surface area contributed by atoms with Crippen LogP contribution in [0.4, 0.5) is 0 Å². The number of carboxylic acids is 1. The second-order valence-corrected chi connectivity index (χ2v) is 2.18. The third-order valence-electron chi connectivity index (χ3n) is 1.34. The lowest BCUT2D eigenvalue weighted by molar-refractivity contribution is -0.132. The molecular weight excluding hydrogens is 152 g/mol. The summed E-state index contributed by atoms with van der Waals surface area (Å²) in [4.78, 5) is 10.4. The van der Waals surface area contributed by atoms with Crippen molar-refractivity contribution in [2.24, 2.45) is 0 Å². The molecule has 0 aliphatic rings. The Balaban J connectivity index is 0. The highest BCUT2D eigenvalue weighted by molar-refractivity contribution is 5.86. The summed E-state index contributed by atoms with van der Waals surface area (Å²) in [7, 11) is 0. The highest BCUT2D eigenvalue weighted by Crippen LogP contribution is 2.03. The predicted octanol–water partition coefficient (Wildman–Crippen LogP) is 1.29. The Morgan fingerprint density at radius 2 is 2.00 bits per heavy atom. The summed E-state index contributed by atoms with van der Waals surface area (Å²) < 4.78 is 0. The SMILES string of the molecule is CCCC=C(CC)C(=O)O.[MgH2]. The lowest BCUT2D eigenvalue weighted by Crippen LogP contribution is -1.98. The van der Waals surface area contributed by atoms with Crippen LogP contribution in [-0.4, -0.2) is 34.1 Å². The normalized spacial score (nSPS) is 10.5. The molecule has 0 aromatic carbocycles. The molecule has 0 bridgehead atoms. The van der Waals surface area contributed by atoms with Gasteiger partial charge in [0.25, 0.3) is 0 Å². The van der Waals surface area contributed by atoms with Crippen LogP contribution in [0.2, 0.25) is 0 Å². The summed E-state index contributed by atoms with van der Waals surface area (Å²) in [5, 5.41) is 8.53. The summed E-state index contributed by atoms with van der Waals surface area (Å²) in [6.07, 6.45) is 4.30. The van der Waals surface area contributed by atoms with E-state index < -0.39 is 5.97 Å². The maximum atomic E-state index is 10.4. The van der Waals surface area contributed by atoms with Gasteiger partial charge in [-0.15, -0.1) is 0 Å². The molecule has 0 rings (SSSR count). The summed E-state index contributed by atoms with van der Waals surface area (Å²) >= 11 is 0. The van der Waals surface area contributed by atoms with Crippen molar-refractivity contribution in [3.63, 3.8) is 0 Å². The highest BCUT2D eigenvalue weighted by atomic mass is 24.3. The zero-order chi connectivity index (χ0) is 7.98.